The van der Waals surface area contributed by atoms with Crippen molar-refractivity contribution in [1.29, 1.82) is 0 Å². The first-order valence-corrected chi connectivity index (χ1v) is 5.34. The summed E-state index contributed by atoms with van der Waals surface area (Å²) in [5, 5.41) is 8.63. The molecule has 0 bridgehead atoms. The maximum atomic E-state index is 11.4. The molecule has 2 rings (SSSR count). The van der Waals surface area contributed by atoms with E-state index < -0.39 is 12.1 Å². The van der Waals surface area contributed by atoms with Gasteiger partial charge < -0.3 is 9.84 Å². The number of carboxylic acids is 1. The third kappa shape index (κ3) is 2.22. The van der Waals surface area contributed by atoms with Crippen molar-refractivity contribution in [3.05, 3.63) is 0 Å². The van der Waals surface area contributed by atoms with Crippen LogP contribution in [-0.4, -0.2) is 41.3 Å². The van der Waals surface area contributed by atoms with Crippen molar-refractivity contribution in [2.75, 3.05) is 13.1 Å². The van der Waals surface area contributed by atoms with Crippen molar-refractivity contribution in [3.63, 3.8) is 0 Å². The fraction of sp³-hybridized carbons (Fsp3) is 0.800. The molecule has 1 heterocycles. The van der Waals surface area contributed by atoms with E-state index in [1.54, 1.807) is 0 Å². The lowest BCUT2D eigenvalue weighted by molar-refractivity contribution is -0.139. The van der Waals surface area contributed by atoms with E-state index >= 15 is 0 Å². The number of hydrogen-bond acceptors (Lipinski definition) is 3. The normalized spacial score (nSPS) is 30.7. The van der Waals surface area contributed by atoms with Crippen LogP contribution in [0.25, 0.3) is 0 Å². The van der Waals surface area contributed by atoms with E-state index in [1.807, 2.05) is 0 Å². The van der Waals surface area contributed by atoms with E-state index in [4.69, 9.17) is 9.84 Å². The van der Waals surface area contributed by atoms with Gasteiger partial charge in [0.1, 0.15) is 12.6 Å². The highest BCUT2D eigenvalue weighted by Gasteiger charge is 2.37. The highest BCUT2D eigenvalue weighted by atomic mass is 16.6. The first-order valence-electron chi connectivity index (χ1n) is 5.34. The van der Waals surface area contributed by atoms with Gasteiger partial charge in [0, 0.05) is 12.5 Å². The molecule has 0 spiro atoms. The van der Waals surface area contributed by atoms with Gasteiger partial charge in [0.05, 0.1) is 0 Å². The number of carbonyl (C=O) groups excluding carboxylic acids is 1. The van der Waals surface area contributed by atoms with Crippen LogP contribution in [0.2, 0.25) is 0 Å². The number of nitrogens with zero attached hydrogens (tertiary/aromatic N) is 1. The summed E-state index contributed by atoms with van der Waals surface area (Å²) in [5.74, 6) is -0.656. The second kappa shape index (κ2) is 4.08. The minimum atomic E-state index is -0.985. The van der Waals surface area contributed by atoms with Gasteiger partial charge in [-0.2, -0.15) is 0 Å². The maximum Gasteiger partial charge on any atom is 0.410 e. The monoisotopic (exact) mass is 213 g/mol. The zero-order valence-electron chi connectivity index (χ0n) is 8.52. The standard InChI is InChI=1S/C10H15NO4/c12-9(13)6-11-5-7-3-1-2-4-8(7)15-10(11)14/h7-8H,1-6H2,(H,12,13). The number of rotatable bonds is 2. The Hall–Kier alpha value is -1.26. The molecule has 2 aliphatic rings. The zero-order chi connectivity index (χ0) is 10.8. The molecular formula is C10H15NO4. The molecule has 0 radical (unpaired) electrons. The van der Waals surface area contributed by atoms with Crippen LogP contribution in [0.5, 0.6) is 0 Å². The van der Waals surface area contributed by atoms with Crippen LogP contribution in [0, 0.1) is 5.92 Å². The quantitative estimate of drug-likeness (QED) is 0.745. The molecule has 5 heteroatoms. The smallest absolute Gasteiger partial charge is 0.410 e. The molecule has 0 aromatic rings. The summed E-state index contributed by atoms with van der Waals surface area (Å²) in [6.45, 7) is 0.290. The predicted molar refractivity (Wildman–Crippen MR) is 51.4 cm³/mol. The van der Waals surface area contributed by atoms with E-state index in [-0.39, 0.29) is 12.6 Å². The van der Waals surface area contributed by atoms with Crippen LogP contribution < -0.4 is 0 Å². The molecule has 5 nitrogen and oxygen atoms in total. The van der Waals surface area contributed by atoms with Crippen LogP contribution in [0.1, 0.15) is 25.7 Å². The van der Waals surface area contributed by atoms with Crippen molar-refractivity contribution in [3.8, 4) is 0 Å². The van der Waals surface area contributed by atoms with Crippen molar-refractivity contribution in [2.24, 2.45) is 5.92 Å². The van der Waals surface area contributed by atoms with Crippen LogP contribution in [-0.2, 0) is 9.53 Å². The van der Waals surface area contributed by atoms with Crippen LogP contribution in [0.15, 0.2) is 0 Å². The largest absolute Gasteiger partial charge is 0.480 e. The SMILES string of the molecule is O=C(O)CN1CC2CCCCC2OC1=O. The van der Waals surface area contributed by atoms with Gasteiger partial charge in [-0.05, 0) is 19.3 Å². The maximum absolute atomic E-state index is 11.4. The Labute approximate surface area is 88.0 Å². The van der Waals surface area contributed by atoms with Gasteiger partial charge in [0.25, 0.3) is 0 Å². The summed E-state index contributed by atoms with van der Waals surface area (Å²) in [6.07, 6.45) is 3.77. The topological polar surface area (TPSA) is 66.8 Å². The van der Waals surface area contributed by atoms with Gasteiger partial charge in [0.2, 0.25) is 0 Å². The lowest BCUT2D eigenvalue weighted by Crippen LogP contribution is -2.50. The molecule has 15 heavy (non-hydrogen) atoms. The minimum Gasteiger partial charge on any atom is -0.480 e. The van der Waals surface area contributed by atoms with Crippen molar-refractivity contribution < 1.29 is 19.4 Å². The molecule has 1 saturated carbocycles. The molecule has 1 amide bonds. The number of ether oxygens (including phenoxy) is 1. The Kier molecular flexibility index (Phi) is 2.79. The molecule has 1 N–H and O–H groups in total. The van der Waals surface area contributed by atoms with Crippen molar-refractivity contribution in [1.82, 2.24) is 4.90 Å². The van der Waals surface area contributed by atoms with E-state index in [9.17, 15) is 9.59 Å². The second-order valence-electron chi connectivity index (χ2n) is 4.24. The van der Waals surface area contributed by atoms with Crippen LogP contribution >= 0.6 is 0 Å². The summed E-state index contributed by atoms with van der Waals surface area (Å²) in [4.78, 5) is 23.2. The van der Waals surface area contributed by atoms with E-state index in [0.717, 1.165) is 25.7 Å². The van der Waals surface area contributed by atoms with Gasteiger partial charge in [-0.3, -0.25) is 9.69 Å². The predicted octanol–water partition coefficient (Wildman–Crippen LogP) is 1.08. The minimum absolute atomic E-state index is 0.0243. The third-order valence-electron chi connectivity index (χ3n) is 3.13. The number of amides is 1. The first kappa shape index (κ1) is 10.3. The Morgan fingerprint density at radius 2 is 2.20 bits per heavy atom. The van der Waals surface area contributed by atoms with E-state index in [0.29, 0.717) is 12.5 Å². The zero-order valence-corrected chi connectivity index (χ0v) is 8.52. The molecule has 2 fully saturated rings. The number of carboxylic acid groups (broad SMARTS) is 1. The highest BCUT2D eigenvalue weighted by molar-refractivity contribution is 5.77. The fourth-order valence-corrected chi connectivity index (χ4v) is 2.39. The summed E-state index contributed by atoms with van der Waals surface area (Å²) in [7, 11) is 0. The van der Waals surface area contributed by atoms with Gasteiger partial charge in [-0.25, -0.2) is 4.79 Å². The van der Waals surface area contributed by atoms with Gasteiger partial charge in [-0.1, -0.05) is 6.42 Å². The average Bonchev–Trinajstić information content (AvgIpc) is 2.18. The van der Waals surface area contributed by atoms with Crippen molar-refractivity contribution >= 4 is 12.1 Å². The van der Waals surface area contributed by atoms with Gasteiger partial charge in [0.15, 0.2) is 0 Å². The number of carbonyl (C=O) groups is 2. The number of hydrogen-bond donors (Lipinski definition) is 1. The molecule has 1 aliphatic heterocycles. The molecule has 84 valence electrons. The Morgan fingerprint density at radius 3 is 2.93 bits per heavy atom. The van der Waals surface area contributed by atoms with E-state index in [2.05, 4.69) is 0 Å². The molecule has 1 saturated heterocycles. The summed E-state index contributed by atoms with van der Waals surface area (Å²) >= 11 is 0. The number of fused-ring (bicyclic) bond motifs is 1. The number of aliphatic carboxylic acids is 1. The Bertz CT molecular complexity index is 279. The molecule has 1 aliphatic carbocycles. The third-order valence-corrected chi connectivity index (χ3v) is 3.13. The first-order chi connectivity index (χ1) is 7.16. The molecular weight excluding hydrogens is 198 g/mol. The Balaban J connectivity index is 1.98. The summed E-state index contributed by atoms with van der Waals surface area (Å²) in [6, 6.07) is 0. The lowest BCUT2D eigenvalue weighted by atomic mass is 9.85. The average molecular weight is 213 g/mol. The van der Waals surface area contributed by atoms with Crippen molar-refractivity contribution in [2.45, 2.75) is 31.8 Å². The summed E-state index contributed by atoms with van der Waals surface area (Å²) in [5.41, 5.74) is 0. The molecule has 2 atom stereocenters. The molecule has 2 unspecified atom stereocenters. The summed E-state index contributed by atoms with van der Waals surface area (Å²) < 4.78 is 5.23. The van der Waals surface area contributed by atoms with Crippen LogP contribution in [0.4, 0.5) is 4.79 Å². The van der Waals surface area contributed by atoms with Crippen LogP contribution in [0.3, 0.4) is 0 Å². The highest BCUT2D eigenvalue weighted by Crippen LogP contribution is 2.31. The fourth-order valence-electron chi connectivity index (χ4n) is 2.39. The van der Waals surface area contributed by atoms with E-state index in [1.165, 1.54) is 4.90 Å². The molecule has 0 aromatic carbocycles. The van der Waals surface area contributed by atoms with Gasteiger partial charge >= 0.3 is 12.1 Å². The molecule has 0 aromatic heterocycles. The van der Waals surface area contributed by atoms with Gasteiger partial charge in [-0.15, -0.1) is 0 Å². The Morgan fingerprint density at radius 1 is 1.47 bits per heavy atom. The lowest BCUT2D eigenvalue weighted by Gasteiger charge is -2.39. The second-order valence-corrected chi connectivity index (χ2v) is 4.24.